The Balaban J connectivity index is 2.03. The minimum Gasteiger partial charge on any atom is -0.321 e. The number of rotatable bonds is 3. The summed E-state index contributed by atoms with van der Waals surface area (Å²) in [7, 11) is 0. The minimum absolute atomic E-state index is 0.0123. The maximum atomic E-state index is 14.1. The number of nitrogens with zero attached hydrogens (tertiary/aromatic N) is 3. The molecular weight excluding hydrogens is 307 g/mol. The smallest absolute Gasteiger partial charge is 0.184 e. The van der Waals surface area contributed by atoms with Crippen LogP contribution in [0.25, 0.3) is 0 Å². The largest absolute Gasteiger partial charge is 0.321 e. The van der Waals surface area contributed by atoms with Crippen LogP contribution in [0.15, 0.2) is 6.20 Å². The number of H-pyrrole nitrogens is 1. The molecule has 3 N–H and O–H groups in total. The Hall–Kier alpha value is -2.02. The molecule has 0 amide bonds. The molecule has 24 heavy (non-hydrogen) atoms. The molecule has 1 aliphatic heterocycles. The van der Waals surface area contributed by atoms with Crippen LogP contribution in [-0.4, -0.2) is 20.2 Å². The molecule has 0 saturated heterocycles. The van der Waals surface area contributed by atoms with E-state index in [0.717, 1.165) is 11.3 Å². The van der Waals surface area contributed by atoms with Gasteiger partial charge in [-0.25, -0.2) is 14.4 Å². The predicted octanol–water partition coefficient (Wildman–Crippen LogP) is 3.57. The summed E-state index contributed by atoms with van der Waals surface area (Å²) in [5.41, 5.74) is 1.83. The van der Waals surface area contributed by atoms with Gasteiger partial charge >= 0.3 is 0 Å². The first kappa shape index (κ1) is 16.8. The zero-order chi connectivity index (χ0) is 17.7. The van der Waals surface area contributed by atoms with E-state index in [0.29, 0.717) is 18.1 Å². The van der Waals surface area contributed by atoms with Crippen LogP contribution in [0.3, 0.4) is 0 Å². The van der Waals surface area contributed by atoms with Gasteiger partial charge in [0.15, 0.2) is 17.5 Å². The third kappa shape index (κ3) is 2.77. The van der Waals surface area contributed by atoms with Crippen molar-refractivity contribution in [2.45, 2.75) is 59.5 Å². The minimum atomic E-state index is -0.485. The summed E-state index contributed by atoms with van der Waals surface area (Å²) < 4.78 is 14.1. The number of hydrogen-bond acceptors (Lipinski definition) is 5. The van der Waals surface area contributed by atoms with E-state index < -0.39 is 5.82 Å². The van der Waals surface area contributed by atoms with Crippen molar-refractivity contribution >= 4 is 11.6 Å². The molecule has 6 nitrogen and oxygen atoms in total. The number of aromatic amines is 1. The molecule has 0 spiro atoms. The summed E-state index contributed by atoms with van der Waals surface area (Å²) in [6.45, 7) is 12.7. The maximum Gasteiger partial charge on any atom is 0.184 e. The van der Waals surface area contributed by atoms with Gasteiger partial charge in [-0.05, 0) is 19.3 Å². The molecule has 1 unspecified atom stereocenters. The lowest BCUT2D eigenvalue weighted by atomic mass is 9.84. The second kappa shape index (κ2) is 5.51. The molecule has 0 bridgehead atoms. The second-order valence-corrected chi connectivity index (χ2v) is 7.89. The Morgan fingerprint density at radius 2 is 2.00 bits per heavy atom. The lowest BCUT2D eigenvalue weighted by molar-refractivity contribution is 0.241. The molecule has 0 fully saturated rings. The van der Waals surface area contributed by atoms with Crippen molar-refractivity contribution in [3.8, 4) is 0 Å². The summed E-state index contributed by atoms with van der Waals surface area (Å²) in [6.07, 6.45) is 1.84. The number of aromatic nitrogens is 4. The van der Waals surface area contributed by atoms with E-state index in [1.807, 2.05) is 6.92 Å². The molecule has 1 atom stereocenters. The third-order valence-electron chi connectivity index (χ3n) is 4.44. The molecule has 2 aromatic heterocycles. The van der Waals surface area contributed by atoms with Crippen LogP contribution in [0.4, 0.5) is 16.0 Å². The van der Waals surface area contributed by atoms with Gasteiger partial charge in [-0.2, -0.15) is 5.10 Å². The zero-order valence-corrected chi connectivity index (χ0v) is 15.1. The van der Waals surface area contributed by atoms with Crippen molar-refractivity contribution in [2.24, 2.45) is 5.41 Å². The summed E-state index contributed by atoms with van der Waals surface area (Å²) in [5, 5.41) is 14.2. The number of fused-ring (bicyclic) bond motifs is 1. The van der Waals surface area contributed by atoms with Crippen LogP contribution in [0, 0.1) is 11.2 Å². The highest BCUT2D eigenvalue weighted by Gasteiger charge is 2.45. The Kier molecular flexibility index (Phi) is 3.86. The molecule has 7 heteroatoms. The number of anilines is 2. The van der Waals surface area contributed by atoms with Gasteiger partial charge in [-0.15, -0.1) is 0 Å². The van der Waals surface area contributed by atoms with E-state index in [4.69, 9.17) is 0 Å². The SMILES string of the molecule is CCc1ncc(F)c(Nc2n[nH]c3c2C(C(C)(C)C)NC3(C)C)n1. The van der Waals surface area contributed by atoms with E-state index in [1.54, 1.807) is 0 Å². The van der Waals surface area contributed by atoms with Crippen molar-refractivity contribution in [1.29, 1.82) is 0 Å². The molecule has 0 aliphatic carbocycles. The Morgan fingerprint density at radius 3 is 2.62 bits per heavy atom. The first-order valence-electron chi connectivity index (χ1n) is 8.28. The molecule has 3 heterocycles. The van der Waals surface area contributed by atoms with Gasteiger partial charge in [-0.3, -0.25) is 10.4 Å². The first-order chi connectivity index (χ1) is 11.1. The average Bonchev–Trinajstić information content (AvgIpc) is 3.01. The zero-order valence-electron chi connectivity index (χ0n) is 15.1. The lowest BCUT2D eigenvalue weighted by Gasteiger charge is -2.31. The number of hydrogen-bond donors (Lipinski definition) is 3. The van der Waals surface area contributed by atoms with Crippen LogP contribution in [0.5, 0.6) is 0 Å². The van der Waals surface area contributed by atoms with E-state index in [1.165, 1.54) is 6.20 Å². The van der Waals surface area contributed by atoms with Crippen LogP contribution >= 0.6 is 0 Å². The summed E-state index contributed by atoms with van der Waals surface area (Å²) in [6, 6.07) is 0.0966. The maximum absolute atomic E-state index is 14.1. The molecule has 2 aromatic rings. The van der Waals surface area contributed by atoms with Gasteiger partial charge in [-0.1, -0.05) is 27.7 Å². The normalized spacial score (nSPS) is 19.4. The van der Waals surface area contributed by atoms with Gasteiger partial charge in [0, 0.05) is 18.0 Å². The van der Waals surface area contributed by atoms with Gasteiger partial charge in [0.1, 0.15) is 5.82 Å². The summed E-state index contributed by atoms with van der Waals surface area (Å²) in [4.78, 5) is 8.21. The molecule has 130 valence electrons. The van der Waals surface area contributed by atoms with Crippen LogP contribution < -0.4 is 10.6 Å². The van der Waals surface area contributed by atoms with Crippen molar-refractivity contribution in [3.63, 3.8) is 0 Å². The fourth-order valence-corrected chi connectivity index (χ4v) is 3.13. The van der Waals surface area contributed by atoms with E-state index in [2.05, 4.69) is 65.4 Å². The van der Waals surface area contributed by atoms with Crippen LogP contribution in [-0.2, 0) is 12.0 Å². The fourth-order valence-electron chi connectivity index (χ4n) is 3.13. The van der Waals surface area contributed by atoms with Gasteiger partial charge < -0.3 is 5.32 Å². The van der Waals surface area contributed by atoms with E-state index in [-0.39, 0.29) is 22.8 Å². The molecule has 1 aliphatic rings. The highest BCUT2D eigenvalue weighted by atomic mass is 19.1. The Morgan fingerprint density at radius 1 is 1.29 bits per heavy atom. The quantitative estimate of drug-likeness (QED) is 0.801. The van der Waals surface area contributed by atoms with Gasteiger partial charge in [0.05, 0.1) is 17.4 Å². The van der Waals surface area contributed by atoms with Gasteiger partial charge in [0.25, 0.3) is 0 Å². The number of halogens is 1. The predicted molar refractivity (Wildman–Crippen MR) is 91.6 cm³/mol. The fraction of sp³-hybridized carbons (Fsp3) is 0.588. The van der Waals surface area contributed by atoms with E-state index >= 15 is 0 Å². The molecular formula is C17H25FN6. The van der Waals surface area contributed by atoms with Crippen molar-refractivity contribution < 1.29 is 4.39 Å². The molecule has 3 rings (SSSR count). The first-order valence-corrected chi connectivity index (χ1v) is 8.28. The summed E-state index contributed by atoms with van der Waals surface area (Å²) >= 11 is 0. The van der Waals surface area contributed by atoms with Crippen molar-refractivity contribution in [2.75, 3.05) is 5.32 Å². The standard InChI is InChI=1S/C17H25FN6/c1-7-10-19-8-9(18)14(20-10)21-15-11-12(16(2,3)4)22-17(5,6)13(11)23-24-15/h8,12,22H,7H2,1-6H3,(H2,19,20,21,23,24). The third-order valence-corrected chi connectivity index (χ3v) is 4.44. The van der Waals surface area contributed by atoms with E-state index in [9.17, 15) is 4.39 Å². The topological polar surface area (TPSA) is 78.5 Å². The lowest BCUT2D eigenvalue weighted by Crippen LogP contribution is -2.37. The highest BCUT2D eigenvalue weighted by Crippen LogP contribution is 2.47. The molecule has 0 aromatic carbocycles. The number of aryl methyl sites for hydroxylation is 1. The van der Waals surface area contributed by atoms with Gasteiger partial charge in [0.2, 0.25) is 0 Å². The molecule has 0 saturated carbocycles. The second-order valence-electron chi connectivity index (χ2n) is 7.89. The summed E-state index contributed by atoms with van der Waals surface area (Å²) in [5.74, 6) is 0.884. The van der Waals surface area contributed by atoms with Crippen molar-refractivity contribution in [1.82, 2.24) is 25.5 Å². The highest BCUT2D eigenvalue weighted by molar-refractivity contribution is 5.61. The molecule has 0 radical (unpaired) electrons. The number of nitrogens with one attached hydrogen (secondary N) is 3. The van der Waals surface area contributed by atoms with Crippen LogP contribution in [0.1, 0.15) is 64.7 Å². The monoisotopic (exact) mass is 332 g/mol. The average molecular weight is 332 g/mol. The van der Waals surface area contributed by atoms with Crippen molar-refractivity contribution in [3.05, 3.63) is 29.1 Å². The Bertz CT molecular complexity index is 759. The Labute approximate surface area is 141 Å². The van der Waals surface area contributed by atoms with Crippen LogP contribution in [0.2, 0.25) is 0 Å².